The van der Waals surface area contributed by atoms with E-state index in [2.05, 4.69) is 35.6 Å². The Hall–Kier alpha value is -0.820. The fraction of sp³-hybridized carbons (Fsp3) is 0.538. The van der Waals surface area contributed by atoms with Crippen molar-refractivity contribution in [3.8, 4) is 0 Å². The molecule has 74 valence electrons. The molecule has 0 bridgehead atoms. The molecule has 1 nitrogen and oxygen atoms in total. The van der Waals surface area contributed by atoms with Crippen molar-refractivity contribution in [2.45, 2.75) is 18.8 Å². The summed E-state index contributed by atoms with van der Waals surface area (Å²) in [6.07, 6.45) is 2.81. The largest absolute Gasteiger partial charge is 0.316 e. The van der Waals surface area contributed by atoms with Gasteiger partial charge in [-0.3, -0.25) is 0 Å². The lowest BCUT2D eigenvalue weighted by molar-refractivity contribution is 0.494. The maximum absolute atomic E-state index is 3.50. The summed E-state index contributed by atoms with van der Waals surface area (Å²) in [6, 6.07) is 11.0. The monoisotopic (exact) mass is 187 g/mol. The van der Waals surface area contributed by atoms with Gasteiger partial charge in [0.15, 0.2) is 0 Å². The third-order valence-corrected chi connectivity index (χ3v) is 3.93. The van der Waals surface area contributed by atoms with Gasteiger partial charge in [0, 0.05) is 0 Å². The molecular weight excluding hydrogens is 170 g/mol. The Morgan fingerprint density at radius 3 is 2.21 bits per heavy atom. The van der Waals surface area contributed by atoms with Gasteiger partial charge in [0.2, 0.25) is 0 Å². The van der Waals surface area contributed by atoms with Gasteiger partial charge in [-0.15, -0.1) is 0 Å². The number of nitrogens with one attached hydrogen (secondary N) is 1. The van der Waals surface area contributed by atoms with E-state index in [1.807, 2.05) is 0 Å². The highest BCUT2D eigenvalue weighted by molar-refractivity contribution is 5.21. The van der Waals surface area contributed by atoms with Crippen LogP contribution in [0.4, 0.5) is 0 Å². The predicted molar refractivity (Wildman–Crippen MR) is 58.3 cm³/mol. The van der Waals surface area contributed by atoms with Gasteiger partial charge in [-0.2, -0.15) is 0 Å². The molecule has 0 amide bonds. The molecule has 1 aliphatic heterocycles. The molecule has 1 aromatic rings. The summed E-state index contributed by atoms with van der Waals surface area (Å²) in [5.74, 6) is 2.76. The van der Waals surface area contributed by atoms with Crippen LogP contribution in [0, 0.1) is 11.8 Å². The van der Waals surface area contributed by atoms with Crippen LogP contribution in [0.1, 0.15) is 24.3 Å². The molecular formula is C13H17N. The average molecular weight is 187 g/mol. The molecule has 1 N–H and O–H groups in total. The zero-order valence-electron chi connectivity index (χ0n) is 8.45. The maximum Gasteiger partial charge on any atom is -0.00171 e. The van der Waals surface area contributed by atoms with Crippen molar-refractivity contribution < 1.29 is 0 Å². The molecule has 1 saturated carbocycles. The molecule has 1 aliphatic carbocycles. The number of fused-ring (bicyclic) bond motifs is 1. The van der Waals surface area contributed by atoms with Crippen molar-refractivity contribution in [1.82, 2.24) is 5.32 Å². The summed E-state index contributed by atoms with van der Waals surface area (Å²) in [7, 11) is 0. The van der Waals surface area contributed by atoms with E-state index in [0.717, 1.165) is 17.8 Å². The zero-order chi connectivity index (χ0) is 9.38. The van der Waals surface area contributed by atoms with Crippen LogP contribution in [-0.2, 0) is 0 Å². The van der Waals surface area contributed by atoms with Crippen molar-refractivity contribution in [1.29, 1.82) is 0 Å². The van der Waals surface area contributed by atoms with Crippen LogP contribution in [0.5, 0.6) is 0 Å². The Kier molecular flexibility index (Phi) is 2.06. The van der Waals surface area contributed by atoms with E-state index in [-0.39, 0.29) is 0 Å². The SMILES string of the molecule is c1ccc(C2C[C@H]3CNC[C@H]3C2)cc1. The van der Waals surface area contributed by atoms with E-state index < -0.39 is 0 Å². The molecule has 1 saturated heterocycles. The summed E-state index contributed by atoms with van der Waals surface area (Å²) >= 11 is 0. The standard InChI is InChI=1S/C13H17N/c1-2-4-10(5-3-1)11-6-12-8-14-9-13(12)7-11/h1-5,11-14H,6-9H2/t11?,12-,13+. The van der Waals surface area contributed by atoms with Crippen molar-refractivity contribution in [2.75, 3.05) is 13.1 Å². The molecule has 0 aromatic heterocycles. The van der Waals surface area contributed by atoms with Gasteiger partial charge in [0.05, 0.1) is 0 Å². The first-order chi connectivity index (χ1) is 6.93. The molecule has 0 radical (unpaired) electrons. The Balaban J connectivity index is 1.77. The van der Waals surface area contributed by atoms with Crippen molar-refractivity contribution in [3.05, 3.63) is 35.9 Å². The number of hydrogen-bond acceptors (Lipinski definition) is 1. The zero-order valence-corrected chi connectivity index (χ0v) is 8.45. The quantitative estimate of drug-likeness (QED) is 0.712. The third kappa shape index (κ3) is 1.36. The van der Waals surface area contributed by atoms with E-state index in [1.165, 1.54) is 25.9 Å². The molecule has 14 heavy (non-hydrogen) atoms. The molecule has 2 aliphatic rings. The molecule has 2 fully saturated rings. The minimum Gasteiger partial charge on any atom is -0.316 e. The van der Waals surface area contributed by atoms with Crippen LogP contribution >= 0.6 is 0 Å². The van der Waals surface area contributed by atoms with Crippen LogP contribution in [0.2, 0.25) is 0 Å². The lowest BCUT2D eigenvalue weighted by Gasteiger charge is -2.11. The molecule has 1 unspecified atom stereocenters. The van der Waals surface area contributed by atoms with Gasteiger partial charge in [-0.1, -0.05) is 30.3 Å². The van der Waals surface area contributed by atoms with Crippen molar-refractivity contribution in [3.63, 3.8) is 0 Å². The highest BCUT2D eigenvalue weighted by Crippen LogP contribution is 2.43. The van der Waals surface area contributed by atoms with Gasteiger partial charge >= 0.3 is 0 Å². The second-order valence-corrected chi connectivity index (χ2v) is 4.76. The minimum absolute atomic E-state index is 0.841. The fourth-order valence-corrected chi connectivity index (χ4v) is 3.16. The lowest BCUT2D eigenvalue weighted by Crippen LogP contribution is -2.11. The molecule has 1 heteroatoms. The molecule has 1 heterocycles. The first kappa shape index (κ1) is 8.49. The summed E-state index contributed by atoms with van der Waals surface area (Å²) in [6.45, 7) is 2.52. The second kappa shape index (κ2) is 3.39. The Labute approximate surface area is 85.5 Å². The first-order valence-electron chi connectivity index (χ1n) is 5.69. The normalized spacial score (nSPS) is 35.9. The number of rotatable bonds is 1. The molecule has 1 aromatic carbocycles. The predicted octanol–water partition coefficient (Wildman–Crippen LogP) is 2.40. The van der Waals surface area contributed by atoms with E-state index in [9.17, 15) is 0 Å². The first-order valence-corrected chi connectivity index (χ1v) is 5.69. The summed E-state index contributed by atoms with van der Waals surface area (Å²) in [4.78, 5) is 0. The smallest absolute Gasteiger partial charge is 0.00171 e. The minimum atomic E-state index is 0.841. The summed E-state index contributed by atoms with van der Waals surface area (Å²) < 4.78 is 0. The van der Waals surface area contributed by atoms with E-state index >= 15 is 0 Å². The highest BCUT2D eigenvalue weighted by Gasteiger charge is 2.37. The fourth-order valence-electron chi connectivity index (χ4n) is 3.16. The Morgan fingerprint density at radius 2 is 1.57 bits per heavy atom. The van der Waals surface area contributed by atoms with E-state index in [0.29, 0.717) is 0 Å². The Morgan fingerprint density at radius 1 is 0.929 bits per heavy atom. The average Bonchev–Trinajstić information content (AvgIpc) is 2.78. The highest BCUT2D eigenvalue weighted by atomic mass is 14.9. The van der Waals surface area contributed by atoms with Gasteiger partial charge in [0.25, 0.3) is 0 Å². The molecule has 3 rings (SSSR count). The Bertz CT molecular complexity index is 294. The van der Waals surface area contributed by atoms with Crippen molar-refractivity contribution >= 4 is 0 Å². The number of hydrogen-bond donors (Lipinski definition) is 1. The molecule has 3 atom stereocenters. The summed E-state index contributed by atoms with van der Waals surface area (Å²) in [5.41, 5.74) is 1.56. The van der Waals surface area contributed by atoms with Gasteiger partial charge in [0.1, 0.15) is 0 Å². The topological polar surface area (TPSA) is 12.0 Å². The van der Waals surface area contributed by atoms with Gasteiger partial charge in [-0.25, -0.2) is 0 Å². The maximum atomic E-state index is 3.50. The molecule has 0 spiro atoms. The van der Waals surface area contributed by atoms with E-state index in [4.69, 9.17) is 0 Å². The third-order valence-electron chi connectivity index (χ3n) is 3.93. The van der Waals surface area contributed by atoms with Crippen LogP contribution in [0.25, 0.3) is 0 Å². The van der Waals surface area contributed by atoms with Crippen LogP contribution in [0.3, 0.4) is 0 Å². The van der Waals surface area contributed by atoms with Crippen LogP contribution in [-0.4, -0.2) is 13.1 Å². The van der Waals surface area contributed by atoms with E-state index in [1.54, 1.807) is 5.56 Å². The van der Waals surface area contributed by atoms with Gasteiger partial charge < -0.3 is 5.32 Å². The van der Waals surface area contributed by atoms with Crippen LogP contribution < -0.4 is 5.32 Å². The summed E-state index contributed by atoms with van der Waals surface area (Å²) in [5, 5.41) is 3.50. The van der Waals surface area contributed by atoms with Gasteiger partial charge in [-0.05, 0) is 49.2 Å². The second-order valence-electron chi connectivity index (χ2n) is 4.76. The van der Waals surface area contributed by atoms with Crippen LogP contribution in [0.15, 0.2) is 30.3 Å². The lowest BCUT2D eigenvalue weighted by atomic mass is 9.96. The van der Waals surface area contributed by atoms with Crippen molar-refractivity contribution in [2.24, 2.45) is 11.8 Å². The number of benzene rings is 1.